The van der Waals surface area contributed by atoms with Gasteiger partial charge in [0, 0.05) is 0 Å². The zero-order valence-corrected chi connectivity index (χ0v) is 13.8. The average Bonchev–Trinajstić information content (AvgIpc) is 2.46. The molecule has 1 aliphatic rings. The molecule has 0 aromatic heterocycles. The Balaban J connectivity index is 0.00000200. The number of carboxylic acids is 1. The summed E-state index contributed by atoms with van der Waals surface area (Å²) in [5, 5.41) is 21.2. The third-order valence-corrected chi connectivity index (χ3v) is 3.63. The van der Waals surface area contributed by atoms with Crippen LogP contribution in [0.4, 0.5) is 0 Å². The summed E-state index contributed by atoms with van der Waals surface area (Å²) in [6.45, 7) is 0. The number of carbonyl (C=O) groups is 1. The summed E-state index contributed by atoms with van der Waals surface area (Å²) in [6.07, 6.45) is 4.91. The second-order valence-corrected chi connectivity index (χ2v) is 4.98. The molecule has 0 bridgehead atoms. The van der Waals surface area contributed by atoms with Crippen LogP contribution in [-0.4, -0.2) is 23.0 Å². The Kier molecular flexibility index (Phi) is 7.27. The molecule has 1 aliphatic carbocycles. The number of benzene rings is 1. The first kappa shape index (κ1) is 17.2. The third-order valence-electron chi connectivity index (χ3n) is 3.63. The van der Waals surface area contributed by atoms with Gasteiger partial charge in [-0.1, -0.05) is 49.6 Å². The maximum absolute atomic E-state index is 12.0. The van der Waals surface area contributed by atoms with E-state index in [4.69, 9.17) is 0 Å². The number of carboxylic acid groups (broad SMARTS) is 1. The van der Waals surface area contributed by atoms with E-state index in [0.717, 1.165) is 32.1 Å². The Morgan fingerprint density at radius 1 is 1.20 bits per heavy atom. The Morgan fingerprint density at radius 3 is 2.35 bits per heavy atom. The molecular weight excluding hydrogens is 265 g/mol. The number of hydrogen-bond acceptors (Lipinski definition) is 3. The van der Waals surface area contributed by atoms with Crippen molar-refractivity contribution in [1.29, 1.82) is 0 Å². The molecule has 2 rings (SSSR count). The van der Waals surface area contributed by atoms with Crippen LogP contribution in [0.2, 0.25) is 0 Å². The van der Waals surface area contributed by atoms with Crippen LogP contribution in [0.25, 0.3) is 0 Å². The summed E-state index contributed by atoms with van der Waals surface area (Å²) in [6, 6.07) is 7.73. The van der Waals surface area contributed by atoms with Crippen molar-refractivity contribution in [2.45, 2.75) is 38.1 Å². The van der Waals surface area contributed by atoms with Gasteiger partial charge in [0.15, 0.2) is 0 Å². The Hall–Kier alpha value is -0.840. The minimum Gasteiger partial charge on any atom is -0.858 e. The summed E-state index contributed by atoms with van der Waals surface area (Å²) in [5.41, 5.74) is 0.449. The summed E-state index contributed by atoms with van der Waals surface area (Å²) in [7, 11) is 0. The second kappa shape index (κ2) is 8.45. The van der Waals surface area contributed by atoms with E-state index in [1.165, 1.54) is 0 Å². The van der Waals surface area contributed by atoms with Crippen LogP contribution in [0.3, 0.4) is 0 Å². The molecule has 1 saturated carbocycles. The van der Waals surface area contributed by atoms with Crippen LogP contribution in [0.15, 0.2) is 35.3 Å². The van der Waals surface area contributed by atoms with Crippen molar-refractivity contribution in [2.75, 3.05) is 0 Å². The molecular formula is C15H18NNaO3. The molecule has 0 spiro atoms. The van der Waals surface area contributed by atoms with Crippen LogP contribution in [0.1, 0.15) is 37.7 Å². The number of aliphatic carboxylic acids is 1. The molecule has 5 heteroatoms. The predicted molar refractivity (Wildman–Crippen MR) is 71.0 cm³/mol. The van der Waals surface area contributed by atoms with Crippen molar-refractivity contribution >= 4 is 11.9 Å². The number of nitrogens with zero attached hydrogens (tertiary/aromatic N) is 1. The number of aliphatic imine (C=N–C) groups is 1. The van der Waals surface area contributed by atoms with E-state index in [2.05, 4.69) is 4.99 Å². The molecule has 1 aromatic rings. The maximum Gasteiger partial charge on any atom is 1.00 e. The minimum atomic E-state index is -0.990. The quantitative estimate of drug-likeness (QED) is 0.430. The van der Waals surface area contributed by atoms with Gasteiger partial charge in [0.2, 0.25) is 0 Å². The van der Waals surface area contributed by atoms with Crippen LogP contribution >= 0.6 is 0 Å². The molecule has 1 N–H and O–H groups in total. The molecule has 102 valence electrons. The van der Waals surface area contributed by atoms with Crippen LogP contribution in [0, 0.1) is 5.92 Å². The van der Waals surface area contributed by atoms with Crippen molar-refractivity contribution in [2.24, 2.45) is 10.9 Å². The van der Waals surface area contributed by atoms with E-state index in [1.54, 1.807) is 24.3 Å². The van der Waals surface area contributed by atoms with Gasteiger partial charge in [0.25, 0.3) is 0 Å². The van der Waals surface area contributed by atoms with Gasteiger partial charge in [-0.05, 0) is 30.2 Å². The monoisotopic (exact) mass is 283 g/mol. The van der Waals surface area contributed by atoms with Gasteiger partial charge in [-0.25, -0.2) is 4.79 Å². The van der Waals surface area contributed by atoms with Crippen molar-refractivity contribution in [3.63, 3.8) is 0 Å². The normalized spacial score (nSPS) is 18.1. The van der Waals surface area contributed by atoms with Gasteiger partial charge < -0.3 is 10.2 Å². The fraction of sp³-hybridized carbons (Fsp3) is 0.467. The van der Waals surface area contributed by atoms with Gasteiger partial charge in [0.1, 0.15) is 6.04 Å². The topological polar surface area (TPSA) is 72.7 Å². The van der Waals surface area contributed by atoms with Crippen molar-refractivity contribution in [1.82, 2.24) is 0 Å². The van der Waals surface area contributed by atoms with Crippen molar-refractivity contribution in [3.05, 3.63) is 35.9 Å². The van der Waals surface area contributed by atoms with E-state index >= 15 is 0 Å². The van der Waals surface area contributed by atoms with E-state index in [0.29, 0.717) is 5.56 Å². The van der Waals surface area contributed by atoms with E-state index < -0.39 is 17.9 Å². The van der Waals surface area contributed by atoms with Crippen LogP contribution < -0.4 is 34.7 Å². The molecule has 0 radical (unpaired) electrons. The number of hydrogen-bond donors (Lipinski definition) is 1. The van der Waals surface area contributed by atoms with Crippen LogP contribution in [0.5, 0.6) is 0 Å². The van der Waals surface area contributed by atoms with Gasteiger partial charge in [-0.15, -0.1) is 0 Å². The van der Waals surface area contributed by atoms with Gasteiger partial charge >= 0.3 is 35.5 Å². The maximum atomic E-state index is 12.0. The molecule has 1 atom stereocenters. The van der Waals surface area contributed by atoms with Crippen molar-refractivity contribution < 1.29 is 44.6 Å². The predicted octanol–water partition coefficient (Wildman–Crippen LogP) is -1.17. The Morgan fingerprint density at radius 2 is 1.80 bits per heavy atom. The van der Waals surface area contributed by atoms with Gasteiger partial charge in [-0.3, -0.25) is 4.99 Å². The Labute approximate surface area is 141 Å². The molecule has 0 unspecified atom stereocenters. The summed E-state index contributed by atoms with van der Waals surface area (Å²) in [5.74, 6) is -1.42. The van der Waals surface area contributed by atoms with Gasteiger partial charge in [0.05, 0.1) is 0 Å². The van der Waals surface area contributed by atoms with Crippen LogP contribution in [-0.2, 0) is 4.79 Å². The fourth-order valence-electron chi connectivity index (χ4n) is 2.59. The van der Waals surface area contributed by atoms with E-state index in [-0.39, 0.29) is 35.5 Å². The molecule has 0 aliphatic heterocycles. The first-order valence-electron chi connectivity index (χ1n) is 6.71. The minimum absolute atomic E-state index is 0. The standard InChI is InChI=1S/C15H19NO3.Na/c17-14(12-9-5-2-6-10-12)16-13(15(18)19)11-7-3-1-4-8-11;/h2,5-6,9-11,13H,1,3-4,7-8H2,(H,16,17)(H,18,19);/q;+1/p-1/t13-;/m0./s1. The van der Waals surface area contributed by atoms with Gasteiger partial charge in [-0.2, -0.15) is 0 Å². The molecule has 1 aromatic carbocycles. The third kappa shape index (κ3) is 4.62. The Bertz CT molecular complexity index is 455. The zero-order chi connectivity index (χ0) is 13.7. The molecule has 4 nitrogen and oxygen atoms in total. The summed E-state index contributed by atoms with van der Waals surface area (Å²) >= 11 is 0. The zero-order valence-electron chi connectivity index (χ0n) is 11.8. The largest absolute Gasteiger partial charge is 1.00 e. The molecule has 0 heterocycles. The van der Waals surface area contributed by atoms with E-state index in [1.807, 2.05) is 6.07 Å². The second-order valence-electron chi connectivity index (χ2n) is 4.98. The van der Waals surface area contributed by atoms with E-state index in [9.17, 15) is 15.0 Å². The molecule has 0 saturated heterocycles. The summed E-state index contributed by atoms with van der Waals surface area (Å²) < 4.78 is 0. The number of rotatable bonds is 4. The average molecular weight is 283 g/mol. The van der Waals surface area contributed by atoms with Crippen molar-refractivity contribution in [3.8, 4) is 0 Å². The smallest absolute Gasteiger partial charge is 0.858 e. The fourth-order valence-corrected chi connectivity index (χ4v) is 2.59. The molecule has 1 fully saturated rings. The summed E-state index contributed by atoms with van der Waals surface area (Å²) in [4.78, 5) is 15.3. The molecule has 20 heavy (non-hydrogen) atoms. The SMILES string of the molecule is O=C(O)[C@@H](N=C([O-])c1ccccc1)C1CCCCC1.[Na+]. The molecule has 0 amide bonds. The first-order chi connectivity index (χ1) is 9.18. The first-order valence-corrected chi connectivity index (χ1v) is 6.71.